The van der Waals surface area contributed by atoms with E-state index in [1.165, 1.54) is 13.2 Å². The summed E-state index contributed by atoms with van der Waals surface area (Å²) in [5.74, 6) is 0.446. The van der Waals surface area contributed by atoms with Gasteiger partial charge in [0.25, 0.3) is 5.79 Å². The van der Waals surface area contributed by atoms with Crippen LogP contribution in [0.4, 0.5) is 10.1 Å². The van der Waals surface area contributed by atoms with Crippen LogP contribution in [0.5, 0.6) is 17.2 Å². The molecule has 0 unspecified atom stereocenters. The third-order valence-corrected chi connectivity index (χ3v) is 10.3. The van der Waals surface area contributed by atoms with E-state index in [0.717, 1.165) is 61.5 Å². The lowest BCUT2D eigenvalue weighted by atomic mass is 9.81. The van der Waals surface area contributed by atoms with E-state index in [1.807, 2.05) is 18.2 Å². The van der Waals surface area contributed by atoms with Crippen molar-refractivity contribution in [2.24, 2.45) is 0 Å². The Bertz CT molecular complexity index is 1880. The normalized spacial score (nSPS) is 24.9. The van der Waals surface area contributed by atoms with E-state index in [0.29, 0.717) is 52.5 Å². The molecule has 1 aliphatic carbocycles. The minimum atomic E-state index is -1.31. The van der Waals surface area contributed by atoms with Crippen molar-refractivity contribution >= 4 is 34.3 Å². The molecule has 0 bridgehead atoms. The molecule has 4 atom stereocenters. The van der Waals surface area contributed by atoms with Gasteiger partial charge in [0.2, 0.25) is 0 Å². The highest BCUT2D eigenvalue weighted by atomic mass is 35.5. The molecule has 0 amide bonds. The fourth-order valence-electron chi connectivity index (χ4n) is 7.39. The number of anilines is 1. The van der Waals surface area contributed by atoms with Crippen LogP contribution in [0, 0.1) is 5.82 Å². The molecular weight excluding hydrogens is 627 g/mol. The Morgan fingerprint density at radius 3 is 2.62 bits per heavy atom. The summed E-state index contributed by atoms with van der Waals surface area (Å²) >= 11 is 6.02. The highest BCUT2D eigenvalue weighted by Crippen LogP contribution is 2.51. The first-order valence-electron chi connectivity index (χ1n) is 16.0. The molecule has 4 aliphatic rings. The molecule has 3 fully saturated rings. The Kier molecular flexibility index (Phi) is 7.46. The molecule has 3 aromatic carbocycles. The maximum absolute atomic E-state index is 15.0. The number of imidazole rings is 1. The predicted octanol–water partition coefficient (Wildman–Crippen LogP) is 5.91. The van der Waals surface area contributed by atoms with Crippen molar-refractivity contribution < 1.29 is 32.9 Å². The minimum absolute atomic E-state index is 0.0988. The third kappa shape index (κ3) is 5.06. The van der Waals surface area contributed by atoms with Crippen LogP contribution in [-0.2, 0) is 28.4 Å². The molecular formula is C35H36ClFN4O6. The van der Waals surface area contributed by atoms with Gasteiger partial charge in [-0.2, -0.15) is 0 Å². The van der Waals surface area contributed by atoms with Crippen molar-refractivity contribution in [2.75, 3.05) is 38.8 Å². The number of para-hydroxylation sites is 1. The van der Waals surface area contributed by atoms with Gasteiger partial charge >= 0.3 is 5.97 Å². The number of rotatable bonds is 8. The molecule has 3 aliphatic heterocycles. The minimum Gasteiger partial charge on any atom is -0.494 e. The second-order valence-electron chi connectivity index (χ2n) is 12.7. The van der Waals surface area contributed by atoms with Crippen LogP contribution in [0.25, 0.3) is 11.0 Å². The number of piperazine rings is 1. The summed E-state index contributed by atoms with van der Waals surface area (Å²) < 4.78 is 46.4. The molecule has 47 heavy (non-hydrogen) atoms. The van der Waals surface area contributed by atoms with Crippen molar-refractivity contribution in [3.63, 3.8) is 0 Å². The zero-order valence-electron chi connectivity index (χ0n) is 26.5. The van der Waals surface area contributed by atoms with Crippen molar-refractivity contribution in [2.45, 2.75) is 63.3 Å². The van der Waals surface area contributed by atoms with E-state index in [4.69, 9.17) is 40.3 Å². The SMILES string of the molecule is COC(=O)c1cc(OC)c2nc(CN3CCN(c4cccc5c4O[C@@](C)(c4ccc(Cl)cc4F)O5)[C@@H]4CC[C@@H]43)n(C[C@@H]3CCO3)c2c1. The number of hydrogen-bond donors (Lipinski definition) is 0. The van der Waals surface area contributed by atoms with Crippen molar-refractivity contribution in [3.05, 3.63) is 76.3 Å². The van der Waals surface area contributed by atoms with Crippen LogP contribution in [0.2, 0.25) is 5.02 Å². The predicted molar refractivity (Wildman–Crippen MR) is 173 cm³/mol. The lowest BCUT2D eigenvalue weighted by Gasteiger charge is -2.54. The summed E-state index contributed by atoms with van der Waals surface area (Å²) in [5, 5.41) is 0.317. The van der Waals surface area contributed by atoms with E-state index < -0.39 is 17.6 Å². The Balaban J connectivity index is 1.07. The van der Waals surface area contributed by atoms with Gasteiger partial charge in [-0.1, -0.05) is 17.7 Å². The van der Waals surface area contributed by atoms with Crippen molar-refractivity contribution in [3.8, 4) is 17.2 Å². The summed E-state index contributed by atoms with van der Waals surface area (Å²) in [6, 6.07) is 14.5. The van der Waals surface area contributed by atoms with Gasteiger partial charge in [0.15, 0.2) is 11.5 Å². The number of aromatic nitrogens is 2. The average Bonchev–Trinajstić information content (AvgIpc) is 3.55. The van der Waals surface area contributed by atoms with Crippen LogP contribution < -0.4 is 19.1 Å². The summed E-state index contributed by atoms with van der Waals surface area (Å²) in [6.45, 7) is 5.36. The van der Waals surface area contributed by atoms with Crippen LogP contribution in [0.15, 0.2) is 48.5 Å². The molecule has 2 saturated heterocycles. The van der Waals surface area contributed by atoms with E-state index in [-0.39, 0.29) is 12.1 Å². The van der Waals surface area contributed by atoms with Crippen LogP contribution in [0.3, 0.4) is 0 Å². The van der Waals surface area contributed by atoms with Crippen LogP contribution >= 0.6 is 11.6 Å². The van der Waals surface area contributed by atoms with E-state index >= 15 is 0 Å². The smallest absolute Gasteiger partial charge is 0.338 e. The van der Waals surface area contributed by atoms with Gasteiger partial charge in [-0.3, -0.25) is 4.90 Å². The maximum atomic E-state index is 15.0. The summed E-state index contributed by atoms with van der Waals surface area (Å²) in [6.07, 6.45) is 3.18. The molecule has 10 nitrogen and oxygen atoms in total. The van der Waals surface area contributed by atoms with Gasteiger partial charge in [-0.25, -0.2) is 14.2 Å². The number of fused-ring (bicyclic) bond motifs is 3. The Labute approximate surface area is 276 Å². The third-order valence-electron chi connectivity index (χ3n) is 10.1. The molecule has 0 spiro atoms. The number of esters is 1. The van der Waals surface area contributed by atoms with Gasteiger partial charge in [0.05, 0.1) is 55.7 Å². The first kappa shape index (κ1) is 30.3. The highest BCUT2D eigenvalue weighted by molar-refractivity contribution is 6.30. The van der Waals surface area contributed by atoms with E-state index in [9.17, 15) is 9.18 Å². The van der Waals surface area contributed by atoms with E-state index in [2.05, 4.69) is 20.4 Å². The van der Waals surface area contributed by atoms with Gasteiger partial charge in [0.1, 0.15) is 22.9 Å². The fraction of sp³-hybridized carbons (Fsp3) is 0.429. The van der Waals surface area contributed by atoms with E-state index in [1.54, 1.807) is 32.2 Å². The number of halogens is 2. The lowest BCUT2D eigenvalue weighted by molar-refractivity contribution is -0.0706. The average molecular weight is 663 g/mol. The van der Waals surface area contributed by atoms with Crippen LogP contribution in [-0.4, -0.2) is 72.5 Å². The van der Waals surface area contributed by atoms with Crippen molar-refractivity contribution in [1.29, 1.82) is 0 Å². The maximum Gasteiger partial charge on any atom is 0.338 e. The topological polar surface area (TPSA) is 87.5 Å². The Morgan fingerprint density at radius 2 is 1.91 bits per heavy atom. The summed E-state index contributed by atoms with van der Waals surface area (Å²) in [4.78, 5) is 22.5. The number of carbonyl (C=O) groups excluding carboxylic acids is 1. The summed E-state index contributed by atoms with van der Waals surface area (Å²) in [5.41, 5.74) is 3.21. The first-order valence-corrected chi connectivity index (χ1v) is 16.4. The first-order chi connectivity index (χ1) is 22.8. The van der Waals surface area contributed by atoms with Gasteiger partial charge in [-0.05, 0) is 61.7 Å². The second kappa shape index (κ2) is 11.6. The number of benzene rings is 3. The molecule has 0 N–H and O–H groups in total. The molecule has 0 radical (unpaired) electrons. The quantitative estimate of drug-likeness (QED) is 0.214. The zero-order chi connectivity index (χ0) is 32.4. The number of methoxy groups -OCH3 is 2. The molecule has 1 saturated carbocycles. The molecule has 4 aromatic rings. The number of carbonyl (C=O) groups is 1. The zero-order valence-corrected chi connectivity index (χ0v) is 27.3. The molecule has 12 heteroatoms. The van der Waals surface area contributed by atoms with Gasteiger partial charge < -0.3 is 33.2 Å². The molecule has 1 aromatic heterocycles. The fourth-order valence-corrected chi connectivity index (χ4v) is 7.55. The van der Waals surface area contributed by atoms with Crippen LogP contribution in [0.1, 0.15) is 47.9 Å². The lowest BCUT2D eigenvalue weighted by Crippen LogP contribution is -2.64. The van der Waals surface area contributed by atoms with Crippen molar-refractivity contribution in [1.82, 2.24) is 14.5 Å². The molecule has 246 valence electrons. The number of hydrogen-bond acceptors (Lipinski definition) is 9. The highest BCUT2D eigenvalue weighted by Gasteiger charge is 2.47. The van der Waals surface area contributed by atoms with Gasteiger partial charge in [0, 0.05) is 43.7 Å². The largest absolute Gasteiger partial charge is 0.494 e. The number of ether oxygens (including phenoxy) is 5. The number of nitrogens with zero attached hydrogens (tertiary/aromatic N) is 4. The monoisotopic (exact) mass is 662 g/mol. The standard InChI is InChI=1S/C35H36ClFN4O6/c1-35(23-8-7-21(36)17-24(23)37)46-29-6-4-5-27(33(29)47-35)40-13-12-39(25-9-10-26(25)40)19-31-38-32-28(41(31)18-22-11-14-45-22)15-20(34(42)44-3)16-30(32)43-2/h4-8,15-17,22,25-26H,9-14,18-19H2,1-3H3/t22-,25-,26+,35-/m0/s1. The van der Waals surface area contributed by atoms with Gasteiger partial charge in [-0.15, -0.1) is 0 Å². The molecule has 4 heterocycles. The summed E-state index contributed by atoms with van der Waals surface area (Å²) in [7, 11) is 2.96. The molecule has 8 rings (SSSR count). The second-order valence-corrected chi connectivity index (χ2v) is 13.1. The Hall–Kier alpha value is -4.06. The Morgan fingerprint density at radius 1 is 1.09 bits per heavy atom.